The van der Waals surface area contributed by atoms with Gasteiger partial charge in [0, 0.05) is 49.6 Å². The fraction of sp³-hybridized carbons (Fsp3) is 0.333. The minimum Gasteiger partial charge on any atom is -0.383 e. The Bertz CT molecular complexity index is 1100. The Labute approximate surface area is 187 Å². The van der Waals surface area contributed by atoms with Crippen LogP contribution in [-0.2, 0) is 11.3 Å². The van der Waals surface area contributed by atoms with Crippen LogP contribution in [0.4, 0.5) is 5.82 Å². The van der Waals surface area contributed by atoms with E-state index >= 15 is 0 Å². The average Bonchev–Trinajstić information content (AvgIpc) is 2.80. The normalized spacial score (nSPS) is 15.5. The maximum absolute atomic E-state index is 12.7. The number of nitrogens with two attached hydrogens (primary N) is 1. The van der Waals surface area contributed by atoms with Gasteiger partial charge in [-0.2, -0.15) is 0 Å². The lowest BCUT2D eigenvalue weighted by Gasteiger charge is -2.35. The number of hydrogen-bond donors (Lipinski definition) is 2. The van der Waals surface area contributed by atoms with Gasteiger partial charge in [-0.25, -0.2) is 9.97 Å². The first-order valence-corrected chi connectivity index (χ1v) is 10.9. The smallest absolute Gasteiger partial charge is 0.251 e. The maximum Gasteiger partial charge on any atom is 0.251 e. The topological polar surface area (TPSA) is 104 Å². The van der Waals surface area contributed by atoms with E-state index in [1.165, 1.54) is 0 Å². The van der Waals surface area contributed by atoms with Crippen LogP contribution >= 0.6 is 0 Å². The second-order valence-corrected chi connectivity index (χ2v) is 8.14. The Morgan fingerprint density at radius 2 is 1.69 bits per heavy atom. The number of para-hydroxylation sites is 1. The Morgan fingerprint density at radius 1 is 1.00 bits per heavy atom. The average molecular weight is 433 g/mol. The van der Waals surface area contributed by atoms with Gasteiger partial charge in [0.25, 0.3) is 5.91 Å². The van der Waals surface area contributed by atoms with Crippen molar-refractivity contribution >= 4 is 28.5 Å². The van der Waals surface area contributed by atoms with Crippen molar-refractivity contribution in [3.63, 3.8) is 0 Å². The minimum atomic E-state index is -0.234. The van der Waals surface area contributed by atoms with Crippen molar-refractivity contribution in [2.45, 2.75) is 25.9 Å². The number of hydrogen-bond acceptors (Lipinski definition) is 6. The third-order valence-electron chi connectivity index (χ3n) is 5.66. The number of nitrogens with zero attached hydrogens (tertiary/aromatic N) is 4. The monoisotopic (exact) mass is 432 g/mol. The first-order chi connectivity index (χ1) is 15.5. The number of nitrogen functional groups attached to an aromatic ring is 1. The third kappa shape index (κ3) is 5.20. The van der Waals surface area contributed by atoms with Crippen LogP contribution in [0.15, 0.2) is 54.6 Å². The van der Waals surface area contributed by atoms with Gasteiger partial charge in [-0.3, -0.25) is 14.5 Å². The lowest BCUT2D eigenvalue weighted by molar-refractivity contribution is -0.133. The zero-order valence-corrected chi connectivity index (χ0v) is 18.2. The number of carbonyl (C=O) groups excluding carboxylic acids is 2. The molecule has 32 heavy (non-hydrogen) atoms. The first-order valence-electron chi connectivity index (χ1n) is 10.9. The van der Waals surface area contributed by atoms with E-state index in [9.17, 15) is 9.59 Å². The maximum atomic E-state index is 12.7. The van der Waals surface area contributed by atoms with Gasteiger partial charge >= 0.3 is 0 Å². The molecule has 8 nitrogen and oxygen atoms in total. The molecule has 1 aliphatic rings. The van der Waals surface area contributed by atoms with E-state index in [4.69, 9.17) is 5.73 Å². The SMILES string of the molecule is CC(CC(=O)N1CCN(Cc2nc(N)c3ccccc3n2)CC1)NC(=O)c1ccccc1. The minimum absolute atomic E-state index is 0.0525. The fourth-order valence-electron chi connectivity index (χ4n) is 3.92. The van der Waals surface area contributed by atoms with Gasteiger partial charge in [0.05, 0.1) is 12.1 Å². The third-order valence-corrected chi connectivity index (χ3v) is 5.66. The number of anilines is 1. The van der Waals surface area contributed by atoms with Crippen LogP contribution in [0.3, 0.4) is 0 Å². The van der Waals surface area contributed by atoms with Gasteiger partial charge in [-0.1, -0.05) is 30.3 Å². The molecular weight excluding hydrogens is 404 g/mol. The summed E-state index contributed by atoms with van der Waals surface area (Å²) in [6.45, 7) is 5.22. The molecule has 3 N–H and O–H groups in total. The zero-order valence-electron chi connectivity index (χ0n) is 18.2. The highest BCUT2D eigenvalue weighted by Crippen LogP contribution is 2.18. The largest absolute Gasteiger partial charge is 0.383 e. The summed E-state index contributed by atoms with van der Waals surface area (Å²) in [6.07, 6.45) is 0.281. The van der Waals surface area contributed by atoms with Crippen LogP contribution in [0.2, 0.25) is 0 Å². The molecule has 166 valence electrons. The van der Waals surface area contributed by atoms with E-state index < -0.39 is 0 Å². The second-order valence-electron chi connectivity index (χ2n) is 8.14. The molecule has 8 heteroatoms. The molecule has 2 amide bonds. The molecule has 0 radical (unpaired) electrons. The van der Waals surface area contributed by atoms with Crippen molar-refractivity contribution in [3.05, 3.63) is 66.0 Å². The van der Waals surface area contributed by atoms with E-state index in [0.717, 1.165) is 24.0 Å². The van der Waals surface area contributed by atoms with E-state index in [1.54, 1.807) is 12.1 Å². The number of nitrogens with one attached hydrogen (secondary N) is 1. The highest BCUT2D eigenvalue weighted by atomic mass is 16.2. The van der Waals surface area contributed by atoms with Crippen LogP contribution in [-0.4, -0.2) is 63.8 Å². The van der Waals surface area contributed by atoms with Crippen molar-refractivity contribution < 1.29 is 9.59 Å². The van der Waals surface area contributed by atoms with E-state index in [2.05, 4.69) is 20.2 Å². The molecule has 4 rings (SSSR count). The molecule has 1 aliphatic heterocycles. The molecule has 1 fully saturated rings. The molecule has 0 bridgehead atoms. The van der Waals surface area contributed by atoms with Crippen LogP contribution in [0.1, 0.15) is 29.5 Å². The summed E-state index contributed by atoms with van der Waals surface area (Å²) in [5, 5.41) is 3.76. The van der Waals surface area contributed by atoms with Crippen molar-refractivity contribution in [2.24, 2.45) is 0 Å². The number of fused-ring (bicyclic) bond motifs is 1. The molecule has 0 aliphatic carbocycles. The van der Waals surface area contributed by atoms with Crippen molar-refractivity contribution in [2.75, 3.05) is 31.9 Å². The second kappa shape index (κ2) is 9.74. The molecule has 1 unspecified atom stereocenters. The van der Waals surface area contributed by atoms with Crippen molar-refractivity contribution in [1.82, 2.24) is 25.1 Å². The van der Waals surface area contributed by atoms with Gasteiger partial charge in [0.15, 0.2) is 0 Å². The summed E-state index contributed by atoms with van der Waals surface area (Å²) >= 11 is 0. The van der Waals surface area contributed by atoms with Crippen molar-refractivity contribution in [3.8, 4) is 0 Å². The number of piperazine rings is 1. The first kappa shape index (κ1) is 21.7. The molecular formula is C24H28N6O2. The summed E-state index contributed by atoms with van der Waals surface area (Å²) in [5.74, 6) is 1.08. The number of carbonyl (C=O) groups is 2. The van der Waals surface area contributed by atoms with E-state index in [1.807, 2.05) is 54.3 Å². The standard InChI is InChI=1S/C24H28N6O2/c1-17(26-24(32)18-7-3-2-4-8-18)15-22(31)30-13-11-29(12-14-30)16-21-27-20-10-6-5-9-19(20)23(25)28-21/h2-10,17H,11-16H2,1H3,(H,26,32)(H2,25,27,28). The summed E-state index contributed by atoms with van der Waals surface area (Å²) in [4.78, 5) is 38.1. The lowest BCUT2D eigenvalue weighted by atomic mass is 10.1. The number of amides is 2. The molecule has 1 atom stereocenters. The van der Waals surface area contributed by atoms with Crippen molar-refractivity contribution in [1.29, 1.82) is 0 Å². The van der Waals surface area contributed by atoms with Gasteiger partial charge < -0.3 is 16.0 Å². The molecule has 3 aromatic rings. The Kier molecular flexibility index (Phi) is 6.61. The van der Waals surface area contributed by atoms with Crippen LogP contribution in [0.25, 0.3) is 10.9 Å². The number of rotatable bonds is 6. The van der Waals surface area contributed by atoms with Gasteiger partial charge in [0.2, 0.25) is 5.91 Å². The predicted molar refractivity (Wildman–Crippen MR) is 124 cm³/mol. The number of aromatic nitrogens is 2. The van der Waals surface area contributed by atoms with Crippen LogP contribution in [0, 0.1) is 0 Å². The highest BCUT2D eigenvalue weighted by molar-refractivity contribution is 5.94. The molecule has 1 saturated heterocycles. The van der Waals surface area contributed by atoms with Gasteiger partial charge in [-0.15, -0.1) is 0 Å². The molecule has 0 saturated carbocycles. The summed E-state index contributed by atoms with van der Waals surface area (Å²) in [6, 6.07) is 16.5. The Hall–Kier alpha value is -3.52. The quantitative estimate of drug-likeness (QED) is 0.618. The Morgan fingerprint density at radius 3 is 2.44 bits per heavy atom. The van der Waals surface area contributed by atoms with Gasteiger partial charge in [-0.05, 0) is 31.2 Å². The predicted octanol–water partition coefficient (Wildman–Crippen LogP) is 2.06. The zero-order chi connectivity index (χ0) is 22.5. The Balaban J connectivity index is 1.26. The lowest BCUT2D eigenvalue weighted by Crippen LogP contribution is -2.49. The molecule has 2 aromatic carbocycles. The molecule has 2 heterocycles. The molecule has 0 spiro atoms. The highest BCUT2D eigenvalue weighted by Gasteiger charge is 2.23. The fourth-order valence-corrected chi connectivity index (χ4v) is 3.92. The number of benzene rings is 2. The van der Waals surface area contributed by atoms with Crippen LogP contribution < -0.4 is 11.1 Å². The van der Waals surface area contributed by atoms with E-state index in [-0.39, 0.29) is 24.3 Å². The molecule has 1 aromatic heterocycles. The summed E-state index contributed by atoms with van der Waals surface area (Å²) < 4.78 is 0. The summed E-state index contributed by atoms with van der Waals surface area (Å²) in [5.41, 5.74) is 7.53. The summed E-state index contributed by atoms with van der Waals surface area (Å²) in [7, 11) is 0. The van der Waals surface area contributed by atoms with Crippen LogP contribution in [0.5, 0.6) is 0 Å². The van der Waals surface area contributed by atoms with Gasteiger partial charge in [0.1, 0.15) is 11.6 Å². The van der Waals surface area contributed by atoms with E-state index in [0.29, 0.717) is 36.8 Å².